The SMILES string of the molecule is CCNc1cc(N2CCC[C@@H](CCC(=O)NCc3ccccc3C)C2)ncn1. The van der Waals surface area contributed by atoms with Crippen LogP contribution in [0.4, 0.5) is 11.6 Å². The zero-order valence-electron chi connectivity index (χ0n) is 16.9. The van der Waals surface area contributed by atoms with E-state index in [0.717, 1.165) is 44.1 Å². The Morgan fingerprint density at radius 3 is 2.96 bits per heavy atom. The van der Waals surface area contributed by atoms with Gasteiger partial charge in [-0.1, -0.05) is 24.3 Å². The maximum atomic E-state index is 12.3. The lowest BCUT2D eigenvalue weighted by Gasteiger charge is -2.33. The third kappa shape index (κ3) is 5.68. The molecule has 1 aromatic heterocycles. The van der Waals surface area contributed by atoms with Crippen LogP contribution in [0, 0.1) is 12.8 Å². The van der Waals surface area contributed by atoms with Gasteiger partial charge in [0.2, 0.25) is 5.91 Å². The van der Waals surface area contributed by atoms with Gasteiger partial charge in [0.1, 0.15) is 18.0 Å². The van der Waals surface area contributed by atoms with Crippen molar-refractivity contribution >= 4 is 17.5 Å². The molecule has 28 heavy (non-hydrogen) atoms. The summed E-state index contributed by atoms with van der Waals surface area (Å²) >= 11 is 0. The van der Waals surface area contributed by atoms with Gasteiger partial charge < -0.3 is 15.5 Å². The molecule has 6 heteroatoms. The standard InChI is InChI=1S/C22H31N5O/c1-3-23-20-13-21(26-16-25-20)27-12-6-8-18(15-27)10-11-22(28)24-14-19-9-5-4-7-17(19)2/h4-5,7,9,13,16,18H,3,6,8,10-12,14-15H2,1-2H3,(H,24,28)(H,23,25,26)/t18-/m0/s1. The Morgan fingerprint density at radius 2 is 2.14 bits per heavy atom. The average molecular weight is 382 g/mol. The van der Waals surface area contributed by atoms with Gasteiger partial charge in [0.05, 0.1) is 0 Å². The third-order valence-corrected chi connectivity index (χ3v) is 5.37. The van der Waals surface area contributed by atoms with E-state index in [1.807, 2.05) is 18.2 Å². The highest BCUT2D eigenvalue weighted by molar-refractivity contribution is 5.75. The van der Waals surface area contributed by atoms with Crippen molar-refractivity contribution in [2.75, 3.05) is 29.9 Å². The van der Waals surface area contributed by atoms with Crippen molar-refractivity contribution in [2.24, 2.45) is 5.92 Å². The number of carbonyl (C=O) groups excluding carboxylic acids is 1. The van der Waals surface area contributed by atoms with Gasteiger partial charge in [-0.05, 0) is 50.2 Å². The summed E-state index contributed by atoms with van der Waals surface area (Å²) in [6.45, 7) is 7.55. The van der Waals surface area contributed by atoms with Crippen molar-refractivity contribution in [3.63, 3.8) is 0 Å². The van der Waals surface area contributed by atoms with Crippen LogP contribution < -0.4 is 15.5 Å². The highest BCUT2D eigenvalue weighted by Gasteiger charge is 2.22. The molecular weight excluding hydrogens is 350 g/mol. The van der Waals surface area contributed by atoms with Gasteiger partial charge in [-0.15, -0.1) is 0 Å². The number of carbonyl (C=O) groups is 1. The number of hydrogen-bond donors (Lipinski definition) is 2. The lowest BCUT2D eigenvalue weighted by molar-refractivity contribution is -0.121. The van der Waals surface area contributed by atoms with Crippen LogP contribution in [-0.4, -0.2) is 35.5 Å². The van der Waals surface area contributed by atoms with Crippen LogP contribution in [0.1, 0.15) is 43.7 Å². The van der Waals surface area contributed by atoms with Crippen molar-refractivity contribution in [3.8, 4) is 0 Å². The molecule has 0 saturated carbocycles. The molecule has 150 valence electrons. The highest BCUT2D eigenvalue weighted by atomic mass is 16.1. The quantitative estimate of drug-likeness (QED) is 0.732. The average Bonchev–Trinajstić information content (AvgIpc) is 2.72. The Hall–Kier alpha value is -2.63. The molecule has 0 unspecified atom stereocenters. The Bertz CT molecular complexity index is 779. The van der Waals surface area contributed by atoms with E-state index in [1.54, 1.807) is 6.33 Å². The number of benzene rings is 1. The Balaban J connectivity index is 1.46. The Morgan fingerprint density at radius 1 is 1.29 bits per heavy atom. The van der Waals surface area contributed by atoms with Crippen molar-refractivity contribution in [3.05, 3.63) is 47.8 Å². The predicted molar refractivity (Wildman–Crippen MR) is 113 cm³/mol. The lowest BCUT2D eigenvalue weighted by Crippen LogP contribution is -2.36. The summed E-state index contributed by atoms with van der Waals surface area (Å²) in [6.07, 6.45) is 5.43. The molecule has 2 N–H and O–H groups in total. The topological polar surface area (TPSA) is 70.2 Å². The van der Waals surface area contributed by atoms with E-state index in [9.17, 15) is 4.79 Å². The first-order valence-electron chi connectivity index (χ1n) is 10.3. The maximum absolute atomic E-state index is 12.3. The molecule has 2 aromatic rings. The Labute approximate surface area is 167 Å². The van der Waals surface area contributed by atoms with Gasteiger partial charge in [0.25, 0.3) is 0 Å². The first-order chi connectivity index (χ1) is 13.7. The minimum absolute atomic E-state index is 0.136. The second-order valence-electron chi connectivity index (χ2n) is 7.49. The fraction of sp³-hybridized carbons (Fsp3) is 0.500. The van der Waals surface area contributed by atoms with E-state index < -0.39 is 0 Å². The number of piperidine rings is 1. The molecule has 6 nitrogen and oxygen atoms in total. The molecule has 1 fully saturated rings. The lowest BCUT2D eigenvalue weighted by atomic mass is 9.93. The van der Waals surface area contributed by atoms with Gasteiger partial charge in [0.15, 0.2) is 0 Å². The molecule has 0 spiro atoms. The molecule has 0 bridgehead atoms. The largest absolute Gasteiger partial charge is 0.370 e. The van der Waals surface area contributed by atoms with Crippen LogP contribution in [-0.2, 0) is 11.3 Å². The van der Waals surface area contributed by atoms with E-state index in [-0.39, 0.29) is 5.91 Å². The van der Waals surface area contributed by atoms with Crippen LogP contribution >= 0.6 is 0 Å². The van der Waals surface area contributed by atoms with E-state index >= 15 is 0 Å². The summed E-state index contributed by atoms with van der Waals surface area (Å²) in [7, 11) is 0. The van der Waals surface area contributed by atoms with Crippen molar-refractivity contribution in [1.82, 2.24) is 15.3 Å². The number of aromatic nitrogens is 2. The summed E-state index contributed by atoms with van der Waals surface area (Å²) in [5.74, 6) is 2.50. The number of amides is 1. The minimum Gasteiger partial charge on any atom is -0.370 e. The van der Waals surface area contributed by atoms with E-state index in [2.05, 4.69) is 51.5 Å². The zero-order chi connectivity index (χ0) is 19.8. The summed E-state index contributed by atoms with van der Waals surface area (Å²) in [4.78, 5) is 23.3. The third-order valence-electron chi connectivity index (χ3n) is 5.37. The molecule has 1 aromatic carbocycles. The van der Waals surface area contributed by atoms with Crippen molar-refractivity contribution < 1.29 is 4.79 Å². The van der Waals surface area contributed by atoms with Gasteiger partial charge in [-0.2, -0.15) is 0 Å². The highest BCUT2D eigenvalue weighted by Crippen LogP contribution is 2.25. The molecule has 1 aliphatic rings. The van der Waals surface area contributed by atoms with Gasteiger partial charge >= 0.3 is 0 Å². The molecule has 1 amide bonds. The van der Waals surface area contributed by atoms with Crippen molar-refractivity contribution in [2.45, 2.75) is 46.1 Å². The minimum atomic E-state index is 0.136. The molecule has 1 saturated heterocycles. The Kier molecular flexibility index (Phi) is 7.23. The number of aryl methyl sites for hydroxylation is 1. The second-order valence-corrected chi connectivity index (χ2v) is 7.49. The summed E-state index contributed by atoms with van der Waals surface area (Å²) in [5.41, 5.74) is 2.40. The number of rotatable bonds is 8. The second kappa shape index (κ2) is 10.1. The first kappa shape index (κ1) is 20.1. The number of nitrogens with zero attached hydrogens (tertiary/aromatic N) is 3. The molecule has 0 aliphatic carbocycles. The monoisotopic (exact) mass is 381 g/mol. The molecule has 3 rings (SSSR count). The number of nitrogens with one attached hydrogen (secondary N) is 2. The van der Waals surface area contributed by atoms with Crippen LogP contribution in [0.2, 0.25) is 0 Å². The van der Waals surface area contributed by atoms with Crippen LogP contribution in [0.3, 0.4) is 0 Å². The summed E-state index contributed by atoms with van der Waals surface area (Å²) < 4.78 is 0. The molecule has 2 heterocycles. The molecule has 1 atom stereocenters. The molecular formula is C22H31N5O. The fourth-order valence-corrected chi connectivity index (χ4v) is 3.73. The van der Waals surface area contributed by atoms with Crippen molar-refractivity contribution in [1.29, 1.82) is 0 Å². The first-order valence-corrected chi connectivity index (χ1v) is 10.3. The van der Waals surface area contributed by atoms with E-state index in [4.69, 9.17) is 0 Å². The molecule has 1 aliphatic heterocycles. The van der Waals surface area contributed by atoms with Crippen LogP contribution in [0.25, 0.3) is 0 Å². The zero-order valence-corrected chi connectivity index (χ0v) is 16.9. The fourth-order valence-electron chi connectivity index (χ4n) is 3.73. The van der Waals surface area contributed by atoms with Crippen LogP contribution in [0.15, 0.2) is 36.7 Å². The van der Waals surface area contributed by atoms with Gasteiger partial charge in [-0.25, -0.2) is 9.97 Å². The van der Waals surface area contributed by atoms with Gasteiger partial charge in [-0.3, -0.25) is 4.79 Å². The van der Waals surface area contributed by atoms with E-state index in [1.165, 1.54) is 17.5 Å². The number of anilines is 2. The normalized spacial score (nSPS) is 16.6. The smallest absolute Gasteiger partial charge is 0.220 e. The maximum Gasteiger partial charge on any atom is 0.220 e. The van der Waals surface area contributed by atoms with Gasteiger partial charge in [0, 0.05) is 38.7 Å². The number of hydrogen-bond acceptors (Lipinski definition) is 5. The van der Waals surface area contributed by atoms with Crippen LogP contribution in [0.5, 0.6) is 0 Å². The summed E-state index contributed by atoms with van der Waals surface area (Å²) in [6, 6.07) is 10.2. The molecule has 0 radical (unpaired) electrons. The predicted octanol–water partition coefficient (Wildman–Crippen LogP) is 3.53. The summed E-state index contributed by atoms with van der Waals surface area (Å²) in [5, 5.41) is 6.30. The van der Waals surface area contributed by atoms with E-state index in [0.29, 0.717) is 18.9 Å².